The number of anilines is 1. The van der Waals surface area contributed by atoms with Gasteiger partial charge >= 0.3 is 0 Å². The largest absolute Gasteiger partial charge is 0.329 e. The number of nitrogens with two attached hydrogens (primary N) is 1. The number of hydrogen-bond donors (Lipinski definition) is 2. The Kier molecular flexibility index (Phi) is 4.66. The van der Waals surface area contributed by atoms with Crippen molar-refractivity contribution in [3.63, 3.8) is 0 Å². The Bertz CT molecular complexity index is 738. The highest BCUT2D eigenvalue weighted by Crippen LogP contribution is 2.16. The van der Waals surface area contributed by atoms with Gasteiger partial charge in [-0.2, -0.15) is 0 Å². The predicted molar refractivity (Wildman–Crippen MR) is 80.4 cm³/mol. The molecule has 0 bridgehead atoms. The number of imidazole rings is 1. The Hall–Kier alpha value is -1.84. The maximum absolute atomic E-state index is 11.8. The number of aromatic nitrogens is 2. The molecule has 2 rings (SSSR count). The molecule has 7 nitrogen and oxygen atoms in total. The van der Waals surface area contributed by atoms with Crippen LogP contribution in [0.2, 0.25) is 0 Å². The molecule has 1 heterocycles. The Balaban J connectivity index is 1.92. The van der Waals surface area contributed by atoms with Crippen LogP contribution in [0.25, 0.3) is 0 Å². The molecular weight excluding hydrogens is 312 g/mol. The topological polar surface area (TPSA) is 107 Å². The van der Waals surface area contributed by atoms with Crippen LogP contribution in [-0.4, -0.2) is 29.6 Å². The Labute approximate surface area is 126 Å². The van der Waals surface area contributed by atoms with Crippen molar-refractivity contribution in [2.75, 3.05) is 11.1 Å². The SMILES string of the molecule is Cn1ccnc1SCC(=O)Nc1ccc(S(N)(=O)=O)cc1. The van der Waals surface area contributed by atoms with E-state index < -0.39 is 10.0 Å². The summed E-state index contributed by atoms with van der Waals surface area (Å²) in [4.78, 5) is 15.9. The van der Waals surface area contributed by atoms with E-state index >= 15 is 0 Å². The summed E-state index contributed by atoms with van der Waals surface area (Å²) in [7, 11) is -1.87. The van der Waals surface area contributed by atoms with Gasteiger partial charge in [-0.15, -0.1) is 0 Å². The van der Waals surface area contributed by atoms with E-state index in [9.17, 15) is 13.2 Å². The number of hydrogen-bond acceptors (Lipinski definition) is 5. The third-order valence-corrected chi connectivity index (χ3v) is 4.56. The van der Waals surface area contributed by atoms with Crippen LogP contribution in [0.3, 0.4) is 0 Å². The minimum absolute atomic E-state index is 0.00267. The number of benzene rings is 1. The van der Waals surface area contributed by atoms with Crippen LogP contribution >= 0.6 is 11.8 Å². The molecular formula is C12H14N4O3S2. The van der Waals surface area contributed by atoms with Crippen LogP contribution in [-0.2, 0) is 21.9 Å². The molecule has 0 saturated carbocycles. The number of thioether (sulfide) groups is 1. The van der Waals surface area contributed by atoms with Crippen molar-refractivity contribution in [1.29, 1.82) is 0 Å². The van der Waals surface area contributed by atoms with E-state index in [1.807, 2.05) is 11.6 Å². The standard InChI is InChI=1S/C12H14N4O3S2/c1-16-7-6-14-12(16)20-8-11(17)15-9-2-4-10(5-3-9)21(13,18)19/h2-7H,8H2,1H3,(H,15,17)(H2,13,18,19). The molecule has 1 amide bonds. The summed E-state index contributed by atoms with van der Waals surface area (Å²) in [6.45, 7) is 0. The first kappa shape index (κ1) is 15.5. The second-order valence-corrected chi connectivity index (χ2v) is 6.73. The number of rotatable bonds is 5. The molecule has 0 aliphatic carbocycles. The fraction of sp³-hybridized carbons (Fsp3) is 0.167. The number of sulfonamides is 1. The van der Waals surface area contributed by atoms with Gasteiger partial charge in [-0.1, -0.05) is 11.8 Å². The minimum atomic E-state index is -3.72. The van der Waals surface area contributed by atoms with Crippen LogP contribution in [0.5, 0.6) is 0 Å². The maximum atomic E-state index is 11.8. The molecule has 21 heavy (non-hydrogen) atoms. The number of nitrogens with zero attached hydrogens (tertiary/aromatic N) is 2. The molecule has 0 atom stereocenters. The summed E-state index contributed by atoms with van der Waals surface area (Å²) in [6, 6.07) is 5.67. The Morgan fingerprint density at radius 3 is 2.57 bits per heavy atom. The predicted octanol–water partition coefficient (Wildman–Crippen LogP) is 0.798. The van der Waals surface area contributed by atoms with Crippen molar-refractivity contribution in [2.45, 2.75) is 10.1 Å². The molecule has 0 aliphatic rings. The molecule has 112 valence electrons. The summed E-state index contributed by atoms with van der Waals surface area (Å²) < 4.78 is 24.0. The summed E-state index contributed by atoms with van der Waals surface area (Å²) in [5, 5.41) is 8.41. The highest BCUT2D eigenvalue weighted by Gasteiger charge is 2.09. The fourth-order valence-corrected chi connectivity index (χ4v) is 2.79. The van der Waals surface area contributed by atoms with Crippen molar-refractivity contribution in [2.24, 2.45) is 12.2 Å². The highest BCUT2D eigenvalue weighted by molar-refractivity contribution is 7.99. The van der Waals surface area contributed by atoms with Crippen molar-refractivity contribution in [3.05, 3.63) is 36.7 Å². The maximum Gasteiger partial charge on any atom is 0.238 e. The fourth-order valence-electron chi connectivity index (χ4n) is 1.55. The zero-order chi connectivity index (χ0) is 15.5. The number of carbonyl (C=O) groups is 1. The lowest BCUT2D eigenvalue weighted by Crippen LogP contribution is -2.15. The number of primary sulfonamides is 1. The average molecular weight is 326 g/mol. The molecule has 0 aliphatic heterocycles. The van der Waals surface area contributed by atoms with Crippen LogP contribution < -0.4 is 10.5 Å². The zero-order valence-electron chi connectivity index (χ0n) is 11.2. The van der Waals surface area contributed by atoms with E-state index in [0.717, 1.165) is 5.16 Å². The lowest BCUT2D eigenvalue weighted by atomic mass is 10.3. The molecule has 0 saturated heterocycles. The third kappa shape index (κ3) is 4.31. The number of aryl methyl sites for hydroxylation is 1. The minimum Gasteiger partial charge on any atom is -0.329 e. The lowest BCUT2D eigenvalue weighted by Gasteiger charge is -2.06. The van der Waals surface area contributed by atoms with Gasteiger partial charge in [0.2, 0.25) is 15.9 Å². The van der Waals surface area contributed by atoms with Gasteiger partial charge in [0.05, 0.1) is 10.6 Å². The molecule has 0 unspecified atom stereocenters. The van der Waals surface area contributed by atoms with Crippen LogP contribution in [0.15, 0.2) is 46.7 Å². The van der Waals surface area contributed by atoms with Gasteiger partial charge in [-0.25, -0.2) is 18.5 Å². The molecule has 3 N–H and O–H groups in total. The van der Waals surface area contributed by atoms with Gasteiger partial charge in [0.1, 0.15) is 0 Å². The van der Waals surface area contributed by atoms with Gasteiger partial charge in [-0.3, -0.25) is 4.79 Å². The third-order valence-electron chi connectivity index (χ3n) is 2.58. The zero-order valence-corrected chi connectivity index (χ0v) is 12.8. The van der Waals surface area contributed by atoms with Crippen molar-refractivity contribution in [3.8, 4) is 0 Å². The van der Waals surface area contributed by atoms with E-state index in [0.29, 0.717) is 5.69 Å². The summed E-state index contributed by atoms with van der Waals surface area (Å²) >= 11 is 1.31. The van der Waals surface area contributed by atoms with Crippen molar-refractivity contribution in [1.82, 2.24) is 9.55 Å². The first-order chi connectivity index (χ1) is 9.86. The molecule has 1 aromatic heterocycles. The molecule has 0 radical (unpaired) electrons. The van der Waals surface area contributed by atoms with Crippen molar-refractivity contribution >= 4 is 33.4 Å². The summed E-state index contributed by atoms with van der Waals surface area (Å²) in [5.74, 6) is 0.00766. The van der Waals surface area contributed by atoms with Gasteiger partial charge in [-0.05, 0) is 24.3 Å². The van der Waals surface area contributed by atoms with E-state index in [1.54, 1.807) is 12.4 Å². The first-order valence-electron chi connectivity index (χ1n) is 5.89. The molecule has 9 heteroatoms. The van der Waals surface area contributed by atoms with Crippen LogP contribution in [0, 0.1) is 0 Å². The molecule has 0 fully saturated rings. The smallest absolute Gasteiger partial charge is 0.238 e. The number of amides is 1. The summed E-state index contributed by atoms with van der Waals surface area (Å²) in [5.41, 5.74) is 0.507. The molecule has 0 spiro atoms. The van der Waals surface area contributed by atoms with Gasteiger partial charge in [0.15, 0.2) is 5.16 Å². The van der Waals surface area contributed by atoms with E-state index in [2.05, 4.69) is 10.3 Å². The highest BCUT2D eigenvalue weighted by atomic mass is 32.2. The number of carbonyl (C=O) groups excluding carboxylic acids is 1. The monoisotopic (exact) mass is 326 g/mol. The lowest BCUT2D eigenvalue weighted by molar-refractivity contribution is -0.113. The van der Waals surface area contributed by atoms with Gasteiger partial charge in [0.25, 0.3) is 0 Å². The number of nitrogens with one attached hydrogen (secondary N) is 1. The molecule has 2 aromatic rings. The average Bonchev–Trinajstić information content (AvgIpc) is 2.81. The molecule has 1 aromatic carbocycles. The van der Waals surface area contributed by atoms with Crippen LogP contribution in [0.1, 0.15) is 0 Å². The van der Waals surface area contributed by atoms with E-state index in [4.69, 9.17) is 5.14 Å². The van der Waals surface area contributed by atoms with E-state index in [1.165, 1.54) is 36.0 Å². The quantitative estimate of drug-likeness (QED) is 0.790. The van der Waals surface area contributed by atoms with Crippen molar-refractivity contribution < 1.29 is 13.2 Å². The van der Waals surface area contributed by atoms with Gasteiger partial charge in [0, 0.05) is 25.1 Å². The van der Waals surface area contributed by atoms with Crippen LogP contribution in [0.4, 0.5) is 5.69 Å². The Morgan fingerprint density at radius 1 is 1.38 bits per heavy atom. The first-order valence-corrected chi connectivity index (χ1v) is 8.42. The summed E-state index contributed by atoms with van der Waals surface area (Å²) in [6.07, 6.45) is 3.46. The Morgan fingerprint density at radius 2 is 2.05 bits per heavy atom. The second-order valence-electron chi connectivity index (χ2n) is 4.23. The second kappa shape index (κ2) is 6.29. The van der Waals surface area contributed by atoms with E-state index in [-0.39, 0.29) is 16.6 Å². The normalized spacial score (nSPS) is 11.3. The van der Waals surface area contributed by atoms with Gasteiger partial charge < -0.3 is 9.88 Å².